The lowest BCUT2D eigenvalue weighted by Crippen LogP contribution is -2.49. The Morgan fingerprint density at radius 3 is 1.86 bits per heavy atom. The molecule has 0 aromatic heterocycles. The molecule has 1 fully saturated rings. The number of nitrogens with zero attached hydrogens (tertiary/aromatic N) is 2. The van der Waals surface area contributed by atoms with Crippen molar-refractivity contribution in [3.8, 4) is 0 Å². The molecule has 132 valence electrons. The summed E-state index contributed by atoms with van der Waals surface area (Å²) in [5, 5.41) is 0. The monoisotopic (exact) mass is 346 g/mol. The molecular weight excluding hydrogens is 332 g/mol. The Morgan fingerprint density at radius 2 is 1.41 bits per heavy atom. The van der Waals surface area contributed by atoms with Gasteiger partial charge in [0.05, 0.1) is 13.2 Å². The summed E-state index contributed by atoms with van der Waals surface area (Å²) >= 11 is 0. The van der Waals surface area contributed by atoms with Crippen LogP contribution in [-0.2, 0) is 9.47 Å². The quantitative estimate of drug-likeness (QED) is 0.545. The van der Waals surface area contributed by atoms with Crippen LogP contribution in [0.2, 0.25) is 0 Å². The highest BCUT2D eigenvalue weighted by Crippen LogP contribution is 2.33. The number of hydrogen-bond acceptors (Lipinski definition) is 4. The van der Waals surface area contributed by atoms with E-state index in [4.69, 9.17) is 0 Å². The molecule has 0 N–H and O–H groups in total. The second-order valence-corrected chi connectivity index (χ2v) is 4.59. The highest BCUT2D eigenvalue weighted by atomic mass is 19.4. The van der Waals surface area contributed by atoms with E-state index in [0.29, 0.717) is 9.80 Å². The summed E-state index contributed by atoms with van der Waals surface area (Å²) in [6.07, 6.45) is -13.5. The van der Waals surface area contributed by atoms with E-state index in [-0.39, 0.29) is 6.54 Å². The first-order chi connectivity index (χ1) is 9.83. The van der Waals surface area contributed by atoms with E-state index in [1.54, 1.807) is 0 Å². The van der Waals surface area contributed by atoms with Gasteiger partial charge in [0.25, 0.3) is 0 Å². The summed E-state index contributed by atoms with van der Waals surface area (Å²) in [4.78, 5) is 0.851. The maximum atomic E-state index is 13.9. The van der Waals surface area contributed by atoms with Crippen LogP contribution >= 0.6 is 0 Å². The van der Waals surface area contributed by atoms with Crippen molar-refractivity contribution >= 4 is 0 Å². The summed E-state index contributed by atoms with van der Waals surface area (Å²) in [7, 11) is 0. The average Bonchev–Trinajstić information content (AvgIpc) is 2.49. The van der Waals surface area contributed by atoms with Crippen molar-refractivity contribution in [2.24, 2.45) is 0 Å². The van der Waals surface area contributed by atoms with Gasteiger partial charge in [-0.1, -0.05) is 0 Å². The minimum Gasteiger partial charge on any atom is -0.291 e. The minimum absolute atomic E-state index is 0.305. The number of halogens is 8. The van der Waals surface area contributed by atoms with Gasteiger partial charge in [-0.3, -0.25) is 9.47 Å². The van der Waals surface area contributed by atoms with Crippen LogP contribution in [0.15, 0.2) is 0 Å². The zero-order valence-corrected chi connectivity index (χ0v) is 11.3. The van der Waals surface area contributed by atoms with Crippen LogP contribution in [0, 0.1) is 0 Å². The molecule has 0 amide bonds. The first kappa shape index (κ1) is 19.3. The third kappa shape index (κ3) is 5.82. The standard InChI is InChI=1S/C10H14F8N2O2/c1-7-6-19(2-4-21-8(11,12)13)10(17,18)20(7)3-5-22-9(14,15)16/h7H,2-6H2,1H3. The van der Waals surface area contributed by atoms with Gasteiger partial charge in [-0.2, -0.15) is 8.78 Å². The molecule has 0 saturated carbocycles. The van der Waals surface area contributed by atoms with E-state index in [1.165, 1.54) is 6.92 Å². The van der Waals surface area contributed by atoms with Crippen LogP contribution in [0.5, 0.6) is 0 Å². The van der Waals surface area contributed by atoms with Crippen LogP contribution in [0.4, 0.5) is 35.1 Å². The summed E-state index contributed by atoms with van der Waals surface area (Å²) in [6.45, 7) is -2.42. The lowest BCUT2D eigenvalue weighted by atomic mass is 10.3. The maximum Gasteiger partial charge on any atom is 0.522 e. The van der Waals surface area contributed by atoms with Gasteiger partial charge in [0.2, 0.25) is 0 Å². The molecule has 1 aliphatic rings. The normalized spacial score (nSPS) is 24.1. The van der Waals surface area contributed by atoms with Gasteiger partial charge >= 0.3 is 18.9 Å². The third-order valence-corrected chi connectivity index (χ3v) is 2.97. The van der Waals surface area contributed by atoms with Gasteiger partial charge in [0, 0.05) is 25.7 Å². The fourth-order valence-electron chi connectivity index (χ4n) is 2.09. The summed E-state index contributed by atoms with van der Waals surface area (Å²) < 4.78 is 106. The smallest absolute Gasteiger partial charge is 0.291 e. The largest absolute Gasteiger partial charge is 0.522 e. The van der Waals surface area contributed by atoms with Crippen molar-refractivity contribution in [1.29, 1.82) is 0 Å². The third-order valence-electron chi connectivity index (χ3n) is 2.97. The van der Waals surface area contributed by atoms with Gasteiger partial charge in [-0.05, 0) is 6.92 Å². The van der Waals surface area contributed by atoms with Crippen LogP contribution < -0.4 is 0 Å². The van der Waals surface area contributed by atoms with Crippen molar-refractivity contribution in [3.63, 3.8) is 0 Å². The molecule has 0 spiro atoms. The first-order valence-corrected chi connectivity index (χ1v) is 6.14. The van der Waals surface area contributed by atoms with E-state index in [1.807, 2.05) is 0 Å². The van der Waals surface area contributed by atoms with Gasteiger partial charge in [0.15, 0.2) is 0 Å². The molecule has 1 aliphatic heterocycles. The predicted molar refractivity (Wildman–Crippen MR) is 56.7 cm³/mol. The van der Waals surface area contributed by atoms with Gasteiger partial charge in [-0.25, -0.2) is 9.80 Å². The predicted octanol–water partition coefficient (Wildman–Crippen LogP) is 2.62. The highest BCUT2D eigenvalue weighted by Gasteiger charge is 2.52. The van der Waals surface area contributed by atoms with Crippen molar-refractivity contribution in [2.75, 3.05) is 32.8 Å². The van der Waals surface area contributed by atoms with Crippen molar-refractivity contribution in [1.82, 2.24) is 9.80 Å². The molecule has 22 heavy (non-hydrogen) atoms. The topological polar surface area (TPSA) is 24.9 Å². The second kappa shape index (κ2) is 6.81. The molecule has 1 heterocycles. The molecule has 1 saturated heterocycles. The Hall–Kier alpha value is -0.720. The van der Waals surface area contributed by atoms with Crippen molar-refractivity contribution < 1.29 is 44.6 Å². The Bertz CT molecular complexity index is 360. The van der Waals surface area contributed by atoms with Gasteiger partial charge < -0.3 is 0 Å². The summed E-state index contributed by atoms with van der Waals surface area (Å²) in [5.41, 5.74) is 0. The average molecular weight is 346 g/mol. The van der Waals surface area contributed by atoms with Crippen LogP contribution in [0.25, 0.3) is 0 Å². The molecular formula is C10H14F8N2O2. The fraction of sp³-hybridized carbons (Fsp3) is 1.00. The molecule has 12 heteroatoms. The molecule has 1 atom stereocenters. The molecule has 0 aliphatic carbocycles. The minimum atomic E-state index is -4.93. The fourth-order valence-corrected chi connectivity index (χ4v) is 2.09. The Morgan fingerprint density at radius 1 is 0.955 bits per heavy atom. The van der Waals surface area contributed by atoms with Gasteiger partial charge in [0.1, 0.15) is 0 Å². The summed E-state index contributed by atoms with van der Waals surface area (Å²) in [6, 6.07) is -0.849. The number of hydrogen-bond donors (Lipinski definition) is 0. The SMILES string of the molecule is CC1CN(CCOC(F)(F)F)C(F)(F)N1CCOC(F)(F)F. The van der Waals surface area contributed by atoms with E-state index >= 15 is 0 Å². The first-order valence-electron chi connectivity index (χ1n) is 6.14. The molecule has 0 aromatic carbocycles. The number of alkyl halides is 8. The summed E-state index contributed by atoms with van der Waals surface area (Å²) in [5.74, 6) is 0. The van der Waals surface area contributed by atoms with Crippen molar-refractivity contribution in [3.05, 3.63) is 0 Å². The van der Waals surface area contributed by atoms with Crippen LogP contribution in [0.3, 0.4) is 0 Å². The number of ether oxygens (including phenoxy) is 2. The van der Waals surface area contributed by atoms with E-state index in [0.717, 1.165) is 0 Å². The van der Waals surface area contributed by atoms with E-state index < -0.39 is 51.2 Å². The molecule has 0 aromatic rings. The van der Waals surface area contributed by atoms with Crippen LogP contribution in [-0.4, -0.2) is 67.6 Å². The second-order valence-electron chi connectivity index (χ2n) is 4.59. The molecule has 0 bridgehead atoms. The van der Waals surface area contributed by atoms with Crippen molar-refractivity contribution in [2.45, 2.75) is 31.9 Å². The van der Waals surface area contributed by atoms with E-state index in [9.17, 15) is 35.1 Å². The molecule has 4 nitrogen and oxygen atoms in total. The molecule has 1 unspecified atom stereocenters. The Labute approximate surface area is 120 Å². The Kier molecular flexibility index (Phi) is 5.98. The number of rotatable bonds is 6. The zero-order chi connectivity index (χ0) is 17.2. The van der Waals surface area contributed by atoms with Gasteiger partial charge in [-0.15, -0.1) is 26.3 Å². The highest BCUT2D eigenvalue weighted by molar-refractivity contribution is 4.87. The van der Waals surface area contributed by atoms with Crippen LogP contribution in [0.1, 0.15) is 6.92 Å². The molecule has 1 rings (SSSR count). The zero-order valence-electron chi connectivity index (χ0n) is 11.3. The maximum absolute atomic E-state index is 13.9. The lowest BCUT2D eigenvalue weighted by molar-refractivity contribution is -0.331. The molecule has 0 radical (unpaired) electrons. The Balaban J connectivity index is 2.51. The lowest BCUT2D eigenvalue weighted by Gasteiger charge is -2.30. The van der Waals surface area contributed by atoms with E-state index in [2.05, 4.69) is 9.47 Å².